The van der Waals surface area contributed by atoms with Gasteiger partial charge in [0.15, 0.2) is 0 Å². The molecular weight excluding hydrogens is 371 g/mol. The zero-order valence-electron chi connectivity index (χ0n) is 14.8. The zero-order valence-corrected chi connectivity index (χ0v) is 14.8. The van der Waals surface area contributed by atoms with Crippen molar-refractivity contribution in [3.63, 3.8) is 0 Å². The van der Waals surface area contributed by atoms with E-state index in [-0.39, 0.29) is 12.0 Å². The van der Waals surface area contributed by atoms with Gasteiger partial charge in [0.05, 0.1) is 12.6 Å². The third-order valence-electron chi connectivity index (χ3n) is 4.01. The van der Waals surface area contributed by atoms with E-state index in [1.165, 1.54) is 23.0 Å². The first-order valence-electron chi connectivity index (χ1n) is 8.23. The van der Waals surface area contributed by atoms with Crippen LogP contribution in [0.4, 0.5) is 13.2 Å². The summed E-state index contributed by atoms with van der Waals surface area (Å²) < 4.78 is 38.0. The first kappa shape index (κ1) is 19.3. The van der Waals surface area contributed by atoms with E-state index in [2.05, 4.69) is 15.4 Å². The summed E-state index contributed by atoms with van der Waals surface area (Å²) in [7, 11) is 1.66. The smallest absolute Gasteiger partial charge is 0.366 e. The van der Waals surface area contributed by atoms with Crippen LogP contribution in [0.1, 0.15) is 16.7 Å². The highest BCUT2D eigenvalue weighted by molar-refractivity contribution is 5.97. The maximum atomic E-state index is 12.7. The molecule has 3 rings (SSSR count). The van der Waals surface area contributed by atoms with Gasteiger partial charge in [-0.05, 0) is 34.5 Å². The van der Waals surface area contributed by atoms with Gasteiger partial charge in [-0.25, -0.2) is 0 Å². The highest BCUT2D eigenvalue weighted by Crippen LogP contribution is 2.29. The van der Waals surface area contributed by atoms with Gasteiger partial charge in [-0.3, -0.25) is 4.79 Å². The van der Waals surface area contributed by atoms with Crippen LogP contribution in [0.5, 0.6) is 0 Å². The molecule has 0 saturated carbocycles. The number of rotatable bonds is 5. The number of halogens is 3. The highest BCUT2D eigenvalue weighted by Gasteiger charge is 2.29. The lowest BCUT2D eigenvalue weighted by Gasteiger charge is -2.08. The summed E-state index contributed by atoms with van der Waals surface area (Å²) >= 11 is 0. The Bertz CT molecular complexity index is 1010. The molecule has 0 atom stereocenters. The standard InChI is InChI=1S/C19H16F3N5O/c1-27-25-18(24-26-27)14-6-2-12(3-7-14)10-15(17(23)28)11-13-4-8-16(9-5-13)19(20,21)22/h2-9,11H,10H2,1H3,(H2,23,28)/b15-11-. The minimum Gasteiger partial charge on any atom is -0.366 e. The number of primary amides is 1. The van der Waals surface area contributed by atoms with Crippen molar-refractivity contribution in [1.82, 2.24) is 20.2 Å². The Kier molecular flexibility index (Phi) is 5.25. The summed E-state index contributed by atoms with van der Waals surface area (Å²) in [6.07, 6.45) is -2.68. The van der Waals surface area contributed by atoms with E-state index in [9.17, 15) is 18.0 Å². The van der Waals surface area contributed by atoms with Crippen molar-refractivity contribution in [2.45, 2.75) is 12.6 Å². The summed E-state index contributed by atoms with van der Waals surface area (Å²) in [5.41, 5.74) is 7.01. The monoisotopic (exact) mass is 387 g/mol. The van der Waals surface area contributed by atoms with Gasteiger partial charge in [0.2, 0.25) is 11.7 Å². The predicted molar refractivity (Wildman–Crippen MR) is 96.6 cm³/mol. The van der Waals surface area contributed by atoms with Crippen molar-refractivity contribution in [3.8, 4) is 11.4 Å². The van der Waals surface area contributed by atoms with Gasteiger partial charge < -0.3 is 5.73 Å². The van der Waals surface area contributed by atoms with Gasteiger partial charge in [0.1, 0.15) is 0 Å². The number of hydrogen-bond acceptors (Lipinski definition) is 4. The summed E-state index contributed by atoms with van der Waals surface area (Å²) in [6, 6.07) is 11.7. The minimum atomic E-state index is -4.41. The second kappa shape index (κ2) is 7.63. The van der Waals surface area contributed by atoms with Crippen molar-refractivity contribution in [2.75, 3.05) is 0 Å². The summed E-state index contributed by atoms with van der Waals surface area (Å²) in [5, 5.41) is 11.8. The van der Waals surface area contributed by atoms with Crippen molar-refractivity contribution in [2.24, 2.45) is 12.8 Å². The van der Waals surface area contributed by atoms with Gasteiger partial charge in [0, 0.05) is 17.6 Å². The second-order valence-electron chi connectivity index (χ2n) is 6.13. The molecule has 1 amide bonds. The number of aryl methyl sites for hydroxylation is 1. The maximum Gasteiger partial charge on any atom is 0.416 e. The molecule has 9 heteroatoms. The average molecular weight is 387 g/mol. The van der Waals surface area contributed by atoms with Crippen molar-refractivity contribution < 1.29 is 18.0 Å². The number of aromatic nitrogens is 4. The minimum absolute atomic E-state index is 0.241. The molecule has 0 aliphatic heterocycles. The van der Waals surface area contributed by atoms with Gasteiger partial charge in [-0.2, -0.15) is 18.0 Å². The Morgan fingerprint density at radius 1 is 1.11 bits per heavy atom. The van der Waals surface area contributed by atoms with Crippen LogP contribution in [0.25, 0.3) is 17.5 Å². The molecule has 3 aromatic rings. The summed E-state index contributed by atoms with van der Waals surface area (Å²) in [6.45, 7) is 0. The number of nitrogens with zero attached hydrogens (tertiary/aromatic N) is 4. The third kappa shape index (κ3) is 4.61. The molecule has 0 bridgehead atoms. The van der Waals surface area contributed by atoms with Crippen LogP contribution < -0.4 is 5.73 Å². The number of amides is 1. The Hall–Kier alpha value is -3.49. The Balaban J connectivity index is 1.79. The number of hydrogen-bond donors (Lipinski definition) is 1. The van der Waals surface area contributed by atoms with E-state index in [0.29, 0.717) is 11.4 Å². The van der Waals surface area contributed by atoms with Crippen LogP contribution in [0.3, 0.4) is 0 Å². The number of tetrazole rings is 1. The molecule has 28 heavy (non-hydrogen) atoms. The number of benzene rings is 2. The van der Waals surface area contributed by atoms with Gasteiger partial charge >= 0.3 is 6.18 Å². The third-order valence-corrected chi connectivity index (χ3v) is 4.01. The van der Waals surface area contributed by atoms with Crippen LogP contribution in [0, 0.1) is 0 Å². The lowest BCUT2D eigenvalue weighted by molar-refractivity contribution is -0.137. The molecule has 0 saturated heterocycles. The predicted octanol–water partition coefficient (Wildman–Crippen LogP) is 3.01. The molecule has 0 unspecified atom stereocenters. The fourth-order valence-electron chi connectivity index (χ4n) is 2.57. The van der Waals surface area contributed by atoms with Crippen molar-refractivity contribution in [1.29, 1.82) is 0 Å². The largest absolute Gasteiger partial charge is 0.416 e. The van der Waals surface area contributed by atoms with E-state index in [4.69, 9.17) is 5.73 Å². The lowest BCUT2D eigenvalue weighted by Crippen LogP contribution is -2.15. The molecule has 1 heterocycles. The first-order valence-corrected chi connectivity index (χ1v) is 8.23. The normalized spacial score (nSPS) is 12.2. The molecule has 0 radical (unpaired) electrons. The molecule has 2 N–H and O–H groups in total. The van der Waals surface area contributed by atoms with E-state index < -0.39 is 17.6 Å². The molecule has 0 aliphatic carbocycles. The Labute approximate surface area is 158 Å². The fraction of sp³-hybridized carbons (Fsp3) is 0.158. The van der Waals surface area contributed by atoms with Gasteiger partial charge in [-0.15, -0.1) is 10.2 Å². The fourth-order valence-corrected chi connectivity index (χ4v) is 2.57. The van der Waals surface area contributed by atoms with Crippen molar-refractivity contribution >= 4 is 12.0 Å². The zero-order chi connectivity index (χ0) is 20.3. The molecule has 0 fully saturated rings. The summed E-state index contributed by atoms with van der Waals surface area (Å²) in [5.74, 6) is -0.163. The number of carbonyl (C=O) groups is 1. The maximum absolute atomic E-state index is 12.7. The van der Waals surface area contributed by atoms with Crippen LogP contribution in [-0.2, 0) is 24.4 Å². The van der Waals surface area contributed by atoms with E-state index in [1.54, 1.807) is 31.3 Å². The number of alkyl halides is 3. The molecular formula is C19H16F3N5O. The second-order valence-corrected chi connectivity index (χ2v) is 6.13. The molecule has 144 valence electrons. The van der Waals surface area contributed by atoms with E-state index in [0.717, 1.165) is 23.3 Å². The van der Waals surface area contributed by atoms with Crippen molar-refractivity contribution in [3.05, 3.63) is 70.8 Å². The van der Waals surface area contributed by atoms with Gasteiger partial charge in [-0.1, -0.05) is 36.4 Å². The molecule has 1 aromatic heterocycles. The van der Waals surface area contributed by atoms with Crippen LogP contribution in [0.2, 0.25) is 0 Å². The van der Waals surface area contributed by atoms with Crippen LogP contribution in [-0.4, -0.2) is 26.1 Å². The Morgan fingerprint density at radius 3 is 2.25 bits per heavy atom. The van der Waals surface area contributed by atoms with E-state index >= 15 is 0 Å². The summed E-state index contributed by atoms with van der Waals surface area (Å²) in [4.78, 5) is 13.1. The number of carbonyl (C=O) groups excluding carboxylic acids is 1. The van der Waals surface area contributed by atoms with E-state index in [1.807, 2.05) is 0 Å². The molecule has 0 aliphatic rings. The van der Waals surface area contributed by atoms with Crippen LogP contribution >= 0.6 is 0 Å². The number of nitrogens with two attached hydrogens (primary N) is 1. The molecule has 0 spiro atoms. The highest BCUT2D eigenvalue weighted by atomic mass is 19.4. The van der Waals surface area contributed by atoms with Gasteiger partial charge in [0.25, 0.3) is 0 Å². The SMILES string of the molecule is Cn1nnc(-c2ccc(C/C(=C/c3ccc(C(F)(F)F)cc3)C(N)=O)cc2)n1. The Morgan fingerprint density at radius 2 is 1.75 bits per heavy atom. The lowest BCUT2D eigenvalue weighted by atomic mass is 10.0. The molecule has 6 nitrogen and oxygen atoms in total. The topological polar surface area (TPSA) is 86.7 Å². The average Bonchev–Trinajstić information content (AvgIpc) is 3.08. The molecule has 2 aromatic carbocycles. The van der Waals surface area contributed by atoms with Crippen LogP contribution in [0.15, 0.2) is 54.1 Å². The quantitative estimate of drug-likeness (QED) is 0.682. The first-order chi connectivity index (χ1) is 13.2.